The topological polar surface area (TPSA) is 61.4 Å². The first-order valence-electron chi connectivity index (χ1n) is 2.25. The molecule has 4 heteroatoms. The monoisotopic (exact) mass is 118 g/mol. The van der Waals surface area contributed by atoms with Gasteiger partial charge in [-0.3, -0.25) is 4.79 Å². The van der Waals surface area contributed by atoms with Crippen LogP contribution in [0.1, 0.15) is 6.92 Å². The lowest BCUT2D eigenvalue weighted by Gasteiger charge is -2.05. The van der Waals surface area contributed by atoms with Crippen molar-refractivity contribution >= 4 is 5.97 Å². The van der Waals surface area contributed by atoms with Crippen molar-refractivity contribution in [3.63, 3.8) is 0 Å². The lowest BCUT2D eigenvalue weighted by molar-refractivity contribution is -0.140. The molecule has 8 heavy (non-hydrogen) atoms. The molecule has 0 fully saturated rings. The van der Waals surface area contributed by atoms with Crippen LogP contribution in [0.2, 0.25) is 0 Å². The zero-order chi connectivity index (χ0) is 6.41. The van der Waals surface area contributed by atoms with Crippen molar-refractivity contribution in [1.29, 1.82) is 0 Å². The van der Waals surface area contributed by atoms with E-state index in [0.29, 0.717) is 0 Å². The Morgan fingerprint density at radius 2 is 2.50 bits per heavy atom. The number of nitrogens with one attached hydrogen (secondary N) is 1. The number of ether oxygens (including phenoxy) is 1. The van der Waals surface area contributed by atoms with Crippen molar-refractivity contribution in [1.82, 2.24) is 5.48 Å². The zero-order valence-electron chi connectivity index (χ0n) is 4.64. The van der Waals surface area contributed by atoms with E-state index < -0.39 is 0 Å². The van der Waals surface area contributed by atoms with Crippen LogP contribution in [0, 0.1) is 5.21 Å². The molecule has 0 rings (SSSR count). The smallest absolute Gasteiger partial charge is 0.302 e. The molecule has 0 aromatic carbocycles. The van der Waals surface area contributed by atoms with E-state index in [2.05, 4.69) is 4.74 Å². The third kappa shape index (κ3) is 5.39. The molecule has 0 radical (unpaired) electrons. The largest absolute Gasteiger partial charge is 0.788 e. The van der Waals surface area contributed by atoms with Gasteiger partial charge in [0, 0.05) is 13.5 Å². The SMILES string of the molecule is CC(=O)OCCN[O-]. The summed E-state index contributed by atoms with van der Waals surface area (Å²) >= 11 is 0. The molecule has 0 amide bonds. The first-order chi connectivity index (χ1) is 3.77. The number of rotatable bonds is 3. The highest BCUT2D eigenvalue weighted by Crippen LogP contribution is 1.71. The summed E-state index contributed by atoms with van der Waals surface area (Å²) in [6, 6.07) is 0. The quantitative estimate of drug-likeness (QED) is 0.312. The maximum Gasteiger partial charge on any atom is 0.302 e. The van der Waals surface area contributed by atoms with E-state index in [9.17, 15) is 10.0 Å². The van der Waals surface area contributed by atoms with Gasteiger partial charge in [0.15, 0.2) is 0 Å². The van der Waals surface area contributed by atoms with E-state index in [0.717, 1.165) is 0 Å². The Hall–Kier alpha value is -0.610. The van der Waals surface area contributed by atoms with Crippen LogP contribution in [0.3, 0.4) is 0 Å². The van der Waals surface area contributed by atoms with Crippen molar-refractivity contribution in [2.45, 2.75) is 6.92 Å². The Balaban J connectivity index is 2.82. The normalized spacial score (nSPS) is 8.75. The van der Waals surface area contributed by atoms with Gasteiger partial charge in [0.25, 0.3) is 0 Å². The Kier molecular flexibility index (Phi) is 4.20. The second kappa shape index (κ2) is 4.55. The molecule has 0 aromatic heterocycles. The molecule has 0 spiro atoms. The molecule has 0 aromatic rings. The highest BCUT2D eigenvalue weighted by Gasteiger charge is 1.86. The molecule has 0 saturated carbocycles. The Morgan fingerprint density at radius 3 is 2.88 bits per heavy atom. The maximum atomic E-state index is 9.97. The molecule has 0 atom stereocenters. The third-order valence-corrected chi connectivity index (χ3v) is 0.509. The first-order valence-corrected chi connectivity index (χ1v) is 2.25. The maximum absolute atomic E-state index is 9.97. The van der Waals surface area contributed by atoms with Crippen molar-refractivity contribution in [2.24, 2.45) is 0 Å². The Labute approximate surface area is 47.4 Å². The summed E-state index contributed by atoms with van der Waals surface area (Å²) in [4.78, 5) is 9.97. The highest BCUT2D eigenvalue weighted by atomic mass is 16.5. The summed E-state index contributed by atoms with van der Waals surface area (Å²) < 4.78 is 4.38. The Bertz CT molecular complexity index is 73.7. The summed E-state index contributed by atoms with van der Waals surface area (Å²) in [5.41, 5.74) is 1.60. The van der Waals surface area contributed by atoms with Gasteiger partial charge in [-0.2, -0.15) is 0 Å². The first kappa shape index (κ1) is 7.39. The summed E-state index contributed by atoms with van der Waals surface area (Å²) in [5, 5.41) is 9.47. The average Bonchev–Trinajstić information content (AvgIpc) is 1.66. The van der Waals surface area contributed by atoms with Gasteiger partial charge in [0.2, 0.25) is 0 Å². The van der Waals surface area contributed by atoms with Crippen molar-refractivity contribution in [2.75, 3.05) is 13.2 Å². The fourth-order valence-corrected chi connectivity index (χ4v) is 0.236. The van der Waals surface area contributed by atoms with E-state index in [4.69, 9.17) is 0 Å². The molecule has 4 nitrogen and oxygen atoms in total. The third-order valence-electron chi connectivity index (χ3n) is 0.509. The second-order valence-electron chi connectivity index (χ2n) is 1.23. The minimum Gasteiger partial charge on any atom is -0.788 e. The van der Waals surface area contributed by atoms with Gasteiger partial charge in [-0.25, -0.2) is 0 Å². The van der Waals surface area contributed by atoms with E-state index in [1.54, 1.807) is 5.48 Å². The van der Waals surface area contributed by atoms with Gasteiger partial charge in [-0.1, -0.05) is 0 Å². The van der Waals surface area contributed by atoms with Crippen LogP contribution in [-0.2, 0) is 9.53 Å². The van der Waals surface area contributed by atoms with Crippen molar-refractivity contribution < 1.29 is 9.53 Å². The molecule has 0 aliphatic carbocycles. The number of hydrogen-bond acceptors (Lipinski definition) is 4. The number of carbonyl (C=O) groups is 1. The van der Waals surface area contributed by atoms with E-state index in [-0.39, 0.29) is 19.1 Å². The van der Waals surface area contributed by atoms with Gasteiger partial charge in [0.05, 0.1) is 0 Å². The molecule has 0 heterocycles. The van der Waals surface area contributed by atoms with Crippen LogP contribution in [0.4, 0.5) is 0 Å². The van der Waals surface area contributed by atoms with Crippen LogP contribution in [0.25, 0.3) is 0 Å². The summed E-state index contributed by atoms with van der Waals surface area (Å²) in [6.45, 7) is 1.61. The second-order valence-corrected chi connectivity index (χ2v) is 1.23. The summed E-state index contributed by atoms with van der Waals surface area (Å²) in [5.74, 6) is -0.361. The van der Waals surface area contributed by atoms with Crippen LogP contribution >= 0.6 is 0 Å². The summed E-state index contributed by atoms with van der Waals surface area (Å²) in [6.07, 6.45) is 0. The van der Waals surface area contributed by atoms with Gasteiger partial charge >= 0.3 is 5.97 Å². The number of hydrogen-bond donors (Lipinski definition) is 1. The molecule has 48 valence electrons. The number of esters is 1. The number of carbonyl (C=O) groups excluding carboxylic acids is 1. The minimum absolute atomic E-state index is 0.152. The van der Waals surface area contributed by atoms with Gasteiger partial charge < -0.3 is 15.4 Å². The zero-order valence-corrected chi connectivity index (χ0v) is 4.64. The minimum atomic E-state index is -0.361. The fraction of sp³-hybridized carbons (Fsp3) is 0.750. The summed E-state index contributed by atoms with van der Waals surface area (Å²) in [7, 11) is 0. The van der Waals surface area contributed by atoms with Gasteiger partial charge in [-0.15, -0.1) is 0 Å². The molecule has 0 bridgehead atoms. The van der Waals surface area contributed by atoms with Crippen LogP contribution in [0.15, 0.2) is 0 Å². The van der Waals surface area contributed by atoms with Crippen molar-refractivity contribution in [3.8, 4) is 0 Å². The molecule has 1 N–H and O–H groups in total. The van der Waals surface area contributed by atoms with Crippen LogP contribution in [-0.4, -0.2) is 19.1 Å². The number of hydroxylamine groups is 1. The predicted molar refractivity (Wildman–Crippen MR) is 28.0 cm³/mol. The molecule has 0 aliphatic heterocycles. The van der Waals surface area contributed by atoms with E-state index in [1.807, 2.05) is 0 Å². The van der Waals surface area contributed by atoms with Crippen LogP contribution < -0.4 is 5.48 Å². The molecular formula is C4H8NO3-. The van der Waals surface area contributed by atoms with E-state index in [1.165, 1.54) is 6.92 Å². The van der Waals surface area contributed by atoms with E-state index >= 15 is 0 Å². The molecule has 0 saturated heterocycles. The average molecular weight is 118 g/mol. The van der Waals surface area contributed by atoms with Gasteiger partial charge in [0.1, 0.15) is 6.61 Å². The van der Waals surface area contributed by atoms with Crippen LogP contribution in [0.5, 0.6) is 0 Å². The molecule has 0 aliphatic rings. The van der Waals surface area contributed by atoms with Gasteiger partial charge in [-0.05, 0) is 0 Å². The fourth-order valence-electron chi connectivity index (χ4n) is 0.236. The highest BCUT2D eigenvalue weighted by molar-refractivity contribution is 5.65. The van der Waals surface area contributed by atoms with Crippen molar-refractivity contribution in [3.05, 3.63) is 5.21 Å². The molecular weight excluding hydrogens is 110 g/mol. The predicted octanol–water partition coefficient (Wildman–Crippen LogP) is -0.363. The standard InChI is InChI=1S/C4H8NO3/c1-4(6)8-3-2-5-7/h5H,2-3H2,1H3/q-1. The Morgan fingerprint density at radius 1 is 1.88 bits per heavy atom. The lowest BCUT2D eigenvalue weighted by Crippen LogP contribution is -2.14. The molecule has 0 unspecified atom stereocenters. The lowest BCUT2D eigenvalue weighted by atomic mass is 10.7.